The minimum absolute atomic E-state index is 0.0143. The van der Waals surface area contributed by atoms with Gasteiger partial charge in [-0.2, -0.15) is 0 Å². The molecule has 0 bridgehead atoms. The summed E-state index contributed by atoms with van der Waals surface area (Å²) in [6, 6.07) is 18.2. The Balaban J connectivity index is 1.73. The van der Waals surface area contributed by atoms with Crippen LogP contribution in [0.15, 0.2) is 77.6 Å². The zero-order valence-corrected chi connectivity index (χ0v) is 12.6. The number of Topliss-reactive ketones (excluding diaryl/α,β-unsaturated/α-hetero) is 2. The average Bonchev–Trinajstić information content (AvgIpc) is 3.03. The average molecular weight is 304 g/mol. The molecule has 2 aromatic carbocycles. The van der Waals surface area contributed by atoms with Crippen LogP contribution in [0.25, 0.3) is 0 Å². The molecular weight excluding hydrogens is 288 g/mol. The van der Waals surface area contributed by atoms with Crippen molar-refractivity contribution in [1.29, 1.82) is 0 Å². The number of rotatable bonds is 6. The number of benzene rings is 2. The van der Waals surface area contributed by atoms with Crippen molar-refractivity contribution < 1.29 is 14.0 Å². The molecule has 0 fully saturated rings. The smallest absolute Gasteiger partial charge is 0.167 e. The Morgan fingerprint density at radius 3 is 1.43 bits per heavy atom. The Morgan fingerprint density at radius 2 is 1.04 bits per heavy atom. The van der Waals surface area contributed by atoms with Crippen molar-refractivity contribution in [3.63, 3.8) is 0 Å². The first-order valence-corrected chi connectivity index (χ1v) is 7.44. The van der Waals surface area contributed by atoms with Crippen LogP contribution in [0.4, 0.5) is 0 Å². The number of hydrogen-bond acceptors (Lipinski definition) is 3. The molecule has 0 N–H and O–H groups in total. The molecule has 0 spiro atoms. The summed E-state index contributed by atoms with van der Waals surface area (Å²) in [4.78, 5) is 24.6. The Hall–Kier alpha value is -2.94. The van der Waals surface area contributed by atoms with Gasteiger partial charge in [0, 0.05) is 35.1 Å². The van der Waals surface area contributed by atoms with Crippen molar-refractivity contribution in [3.05, 3.63) is 95.4 Å². The maximum absolute atomic E-state index is 12.3. The van der Waals surface area contributed by atoms with Crippen LogP contribution >= 0.6 is 0 Å². The van der Waals surface area contributed by atoms with Crippen LogP contribution < -0.4 is 0 Å². The largest absolute Gasteiger partial charge is 0.472 e. The summed E-state index contributed by atoms with van der Waals surface area (Å²) < 4.78 is 5.21. The molecule has 0 amide bonds. The lowest BCUT2D eigenvalue weighted by Gasteiger charge is -2.03. The zero-order chi connectivity index (χ0) is 16.1. The number of carbonyl (C=O) groups is 2. The maximum atomic E-state index is 12.3. The van der Waals surface area contributed by atoms with Gasteiger partial charge in [-0.1, -0.05) is 60.7 Å². The molecule has 0 radical (unpaired) electrons. The number of hydrogen-bond donors (Lipinski definition) is 0. The van der Waals surface area contributed by atoms with Crippen molar-refractivity contribution >= 4 is 11.6 Å². The predicted octanol–water partition coefficient (Wildman–Crippen LogP) is 4.13. The Bertz CT molecular complexity index is 733. The third-order valence-electron chi connectivity index (χ3n) is 3.73. The van der Waals surface area contributed by atoms with Crippen molar-refractivity contribution in [3.8, 4) is 0 Å². The van der Waals surface area contributed by atoms with Crippen LogP contribution in [0.1, 0.15) is 31.8 Å². The lowest BCUT2D eigenvalue weighted by atomic mass is 9.98. The van der Waals surface area contributed by atoms with Gasteiger partial charge in [0.25, 0.3) is 0 Å². The summed E-state index contributed by atoms with van der Waals surface area (Å²) >= 11 is 0. The second-order valence-electron chi connectivity index (χ2n) is 5.35. The van der Waals surface area contributed by atoms with Gasteiger partial charge >= 0.3 is 0 Å². The van der Waals surface area contributed by atoms with Gasteiger partial charge in [0.05, 0.1) is 12.5 Å². The fourth-order valence-electron chi connectivity index (χ4n) is 2.46. The van der Waals surface area contributed by atoms with Crippen LogP contribution in [0.5, 0.6) is 0 Å². The topological polar surface area (TPSA) is 47.3 Å². The van der Waals surface area contributed by atoms with E-state index in [0.29, 0.717) is 11.1 Å². The van der Waals surface area contributed by atoms with E-state index in [1.165, 1.54) is 0 Å². The van der Waals surface area contributed by atoms with E-state index in [9.17, 15) is 9.59 Å². The highest BCUT2D eigenvalue weighted by atomic mass is 16.3. The van der Waals surface area contributed by atoms with E-state index < -0.39 is 0 Å². The zero-order valence-electron chi connectivity index (χ0n) is 12.6. The molecule has 1 aromatic heterocycles. The van der Waals surface area contributed by atoms with E-state index in [-0.39, 0.29) is 24.4 Å². The Kier molecular flexibility index (Phi) is 4.48. The number of carbonyl (C=O) groups excluding carboxylic acids is 2. The first-order valence-electron chi connectivity index (χ1n) is 7.44. The summed E-state index contributed by atoms with van der Waals surface area (Å²) in [5, 5.41) is 0. The lowest BCUT2D eigenvalue weighted by molar-refractivity contribution is 0.0979. The SMILES string of the molecule is O=C(Cc1cocc1CC(=O)c1ccccc1)c1ccccc1. The summed E-state index contributed by atoms with van der Waals surface area (Å²) in [6.07, 6.45) is 3.57. The minimum Gasteiger partial charge on any atom is -0.472 e. The van der Waals surface area contributed by atoms with Gasteiger partial charge in [0.2, 0.25) is 0 Å². The molecule has 1 heterocycles. The monoisotopic (exact) mass is 304 g/mol. The standard InChI is InChI=1S/C20H16O3/c21-19(15-7-3-1-4-8-15)11-17-13-23-14-18(17)12-20(22)16-9-5-2-6-10-16/h1-10,13-14H,11-12H2. The first kappa shape index (κ1) is 15.0. The predicted molar refractivity (Wildman–Crippen MR) is 87.7 cm³/mol. The summed E-state index contributed by atoms with van der Waals surface area (Å²) in [6.45, 7) is 0. The van der Waals surface area contributed by atoms with Crippen LogP contribution in [-0.4, -0.2) is 11.6 Å². The molecule has 0 atom stereocenters. The van der Waals surface area contributed by atoms with E-state index in [1.807, 2.05) is 36.4 Å². The molecule has 3 aromatic rings. The normalized spacial score (nSPS) is 10.4. The first-order chi connectivity index (χ1) is 11.2. The van der Waals surface area contributed by atoms with Crippen LogP contribution in [-0.2, 0) is 12.8 Å². The summed E-state index contributed by atoms with van der Waals surface area (Å²) in [7, 11) is 0. The van der Waals surface area contributed by atoms with Gasteiger partial charge in [-0.3, -0.25) is 9.59 Å². The van der Waals surface area contributed by atoms with E-state index in [1.54, 1.807) is 36.8 Å². The molecule has 0 saturated carbocycles. The van der Waals surface area contributed by atoms with Gasteiger partial charge in [0.15, 0.2) is 11.6 Å². The van der Waals surface area contributed by atoms with Gasteiger partial charge < -0.3 is 4.42 Å². The highest BCUT2D eigenvalue weighted by molar-refractivity contribution is 5.99. The van der Waals surface area contributed by atoms with Gasteiger partial charge in [-0.05, 0) is 0 Å². The quantitative estimate of drug-likeness (QED) is 0.643. The maximum Gasteiger partial charge on any atom is 0.167 e. The van der Waals surface area contributed by atoms with E-state index in [2.05, 4.69) is 0 Å². The van der Waals surface area contributed by atoms with Gasteiger partial charge in [-0.25, -0.2) is 0 Å². The summed E-state index contributed by atoms with van der Waals surface area (Å²) in [5.74, 6) is 0.0285. The van der Waals surface area contributed by atoms with Crippen molar-refractivity contribution in [2.75, 3.05) is 0 Å². The number of ketones is 2. The van der Waals surface area contributed by atoms with Gasteiger partial charge in [0.1, 0.15) is 0 Å². The van der Waals surface area contributed by atoms with Crippen molar-refractivity contribution in [2.24, 2.45) is 0 Å². The van der Waals surface area contributed by atoms with Crippen LogP contribution in [0.3, 0.4) is 0 Å². The third kappa shape index (κ3) is 3.64. The molecule has 0 aliphatic carbocycles. The Labute approximate surface area is 134 Å². The third-order valence-corrected chi connectivity index (χ3v) is 3.73. The molecule has 114 valence electrons. The fourth-order valence-corrected chi connectivity index (χ4v) is 2.46. The lowest BCUT2D eigenvalue weighted by Crippen LogP contribution is -2.08. The molecule has 0 aliphatic rings. The molecule has 0 unspecified atom stereocenters. The highest BCUT2D eigenvalue weighted by Crippen LogP contribution is 2.17. The molecule has 0 saturated heterocycles. The summed E-state index contributed by atoms with van der Waals surface area (Å²) in [5.41, 5.74) is 2.86. The Morgan fingerprint density at radius 1 is 0.652 bits per heavy atom. The molecule has 23 heavy (non-hydrogen) atoms. The van der Waals surface area contributed by atoms with E-state index >= 15 is 0 Å². The molecule has 3 heteroatoms. The molecule has 3 nitrogen and oxygen atoms in total. The van der Waals surface area contributed by atoms with E-state index in [4.69, 9.17) is 4.42 Å². The minimum atomic E-state index is 0.0143. The molecule has 3 rings (SSSR count). The van der Waals surface area contributed by atoms with Crippen LogP contribution in [0, 0.1) is 0 Å². The molecular formula is C20H16O3. The van der Waals surface area contributed by atoms with Gasteiger partial charge in [-0.15, -0.1) is 0 Å². The van der Waals surface area contributed by atoms with Crippen molar-refractivity contribution in [1.82, 2.24) is 0 Å². The van der Waals surface area contributed by atoms with E-state index in [0.717, 1.165) is 11.1 Å². The highest BCUT2D eigenvalue weighted by Gasteiger charge is 2.15. The second-order valence-corrected chi connectivity index (χ2v) is 5.35. The number of furan rings is 1. The molecule has 0 aliphatic heterocycles. The van der Waals surface area contributed by atoms with Crippen molar-refractivity contribution in [2.45, 2.75) is 12.8 Å². The fraction of sp³-hybridized carbons (Fsp3) is 0.100. The second kappa shape index (κ2) is 6.88. The van der Waals surface area contributed by atoms with Crippen LogP contribution in [0.2, 0.25) is 0 Å².